The Kier molecular flexibility index (Phi) is 2.85. The summed E-state index contributed by atoms with van der Waals surface area (Å²) in [5, 5.41) is 1.87. The summed E-state index contributed by atoms with van der Waals surface area (Å²) in [6, 6.07) is 0. The first-order valence-electron chi connectivity index (χ1n) is 2.25. The molecule has 9 heavy (non-hydrogen) atoms. The lowest BCUT2D eigenvalue weighted by atomic mass is 10.3. The lowest BCUT2D eigenvalue weighted by Gasteiger charge is -2.22. The van der Waals surface area contributed by atoms with E-state index in [0.717, 1.165) is 0 Å². The van der Waals surface area contributed by atoms with Gasteiger partial charge < -0.3 is 5.32 Å². The average Bonchev–Trinajstić information content (AvgIpc) is 1.16. The topological polar surface area (TPSA) is 46.2 Å². The van der Waals surface area contributed by atoms with E-state index >= 15 is 0 Å². The van der Waals surface area contributed by atoms with Gasteiger partial charge in [0, 0.05) is 13.1 Å². The molecule has 0 radical (unpaired) electrons. The standard InChI is InChI=1S/C3H6FNO2S.ClH/c4-8(6,7)3-1-5-2-3;/h3,5H,1-2H2;1H. The Bertz CT molecular complexity index is 176. The molecule has 1 aliphatic rings. The molecule has 0 aliphatic carbocycles. The Labute approximate surface area is 59.3 Å². The number of hydrogen-bond acceptors (Lipinski definition) is 3. The molecule has 6 heteroatoms. The molecule has 1 aliphatic heterocycles. The van der Waals surface area contributed by atoms with Gasteiger partial charge in [0.05, 0.1) is 0 Å². The molecule has 0 unspecified atom stereocenters. The Morgan fingerprint density at radius 2 is 1.89 bits per heavy atom. The van der Waals surface area contributed by atoms with Crippen LogP contribution < -0.4 is 5.32 Å². The van der Waals surface area contributed by atoms with Gasteiger partial charge in [-0.15, -0.1) is 16.3 Å². The third-order valence-corrected chi connectivity index (χ3v) is 2.27. The highest BCUT2D eigenvalue weighted by molar-refractivity contribution is 7.87. The van der Waals surface area contributed by atoms with Crippen molar-refractivity contribution in [2.45, 2.75) is 5.25 Å². The van der Waals surface area contributed by atoms with E-state index in [1.54, 1.807) is 0 Å². The van der Waals surface area contributed by atoms with Crippen LogP contribution in [0.2, 0.25) is 0 Å². The van der Waals surface area contributed by atoms with Gasteiger partial charge in [-0.05, 0) is 0 Å². The van der Waals surface area contributed by atoms with Gasteiger partial charge in [-0.2, -0.15) is 8.42 Å². The number of nitrogens with one attached hydrogen (secondary N) is 1. The molecule has 0 bridgehead atoms. The van der Waals surface area contributed by atoms with Crippen molar-refractivity contribution in [3.63, 3.8) is 0 Å². The minimum atomic E-state index is -4.23. The second-order valence-corrected chi connectivity index (χ2v) is 3.37. The maximum atomic E-state index is 11.8. The van der Waals surface area contributed by atoms with Gasteiger partial charge >= 0.3 is 10.2 Å². The van der Waals surface area contributed by atoms with Gasteiger partial charge in [-0.1, -0.05) is 0 Å². The number of rotatable bonds is 1. The molecule has 1 heterocycles. The lowest BCUT2D eigenvalue weighted by molar-refractivity contribution is 0.468. The fourth-order valence-electron chi connectivity index (χ4n) is 0.461. The summed E-state index contributed by atoms with van der Waals surface area (Å²) in [4.78, 5) is 0. The van der Waals surface area contributed by atoms with Gasteiger partial charge in [-0.25, -0.2) is 0 Å². The van der Waals surface area contributed by atoms with E-state index in [0.29, 0.717) is 0 Å². The maximum absolute atomic E-state index is 11.8. The highest BCUT2D eigenvalue weighted by atomic mass is 35.5. The van der Waals surface area contributed by atoms with E-state index in [2.05, 4.69) is 5.32 Å². The SMILES string of the molecule is Cl.O=S(=O)(F)C1CNC1. The van der Waals surface area contributed by atoms with Crippen LogP contribution in [-0.2, 0) is 10.2 Å². The minimum absolute atomic E-state index is 0. The van der Waals surface area contributed by atoms with E-state index in [1.807, 2.05) is 0 Å². The summed E-state index contributed by atoms with van der Waals surface area (Å²) in [7, 11) is -4.23. The summed E-state index contributed by atoms with van der Waals surface area (Å²) in [6.07, 6.45) is 0. The summed E-state index contributed by atoms with van der Waals surface area (Å²) < 4.78 is 31.6. The van der Waals surface area contributed by atoms with Crippen LogP contribution in [-0.4, -0.2) is 26.8 Å². The molecule has 0 amide bonds. The zero-order chi connectivity index (χ0) is 6.20. The van der Waals surface area contributed by atoms with Gasteiger partial charge in [0.1, 0.15) is 5.25 Å². The highest BCUT2D eigenvalue weighted by Crippen LogP contribution is 2.06. The molecule has 0 aromatic carbocycles. The summed E-state index contributed by atoms with van der Waals surface area (Å²) >= 11 is 0. The average molecular weight is 176 g/mol. The van der Waals surface area contributed by atoms with Gasteiger partial charge in [0.2, 0.25) is 0 Å². The molecule has 0 saturated carbocycles. The van der Waals surface area contributed by atoms with E-state index in [4.69, 9.17) is 0 Å². The molecule has 0 aromatic heterocycles. The van der Waals surface area contributed by atoms with Gasteiger partial charge in [0.15, 0.2) is 0 Å². The van der Waals surface area contributed by atoms with E-state index in [1.165, 1.54) is 0 Å². The maximum Gasteiger partial charge on any atom is 0.307 e. The van der Waals surface area contributed by atoms with Crippen molar-refractivity contribution < 1.29 is 12.3 Å². The minimum Gasteiger partial charge on any atom is -0.314 e. The molecule has 1 N–H and O–H groups in total. The third-order valence-electron chi connectivity index (χ3n) is 1.14. The van der Waals surface area contributed by atoms with E-state index in [9.17, 15) is 12.3 Å². The second kappa shape index (κ2) is 2.81. The zero-order valence-corrected chi connectivity index (χ0v) is 6.14. The lowest BCUT2D eigenvalue weighted by Crippen LogP contribution is -2.50. The monoisotopic (exact) mass is 175 g/mol. The second-order valence-electron chi connectivity index (χ2n) is 1.76. The molecule has 1 rings (SSSR count). The summed E-state index contributed by atoms with van der Waals surface area (Å²) in [6.45, 7) is 0.525. The van der Waals surface area contributed by atoms with Crippen molar-refractivity contribution in [3.8, 4) is 0 Å². The number of hydrogen-bond donors (Lipinski definition) is 1. The van der Waals surface area contributed by atoms with Crippen LogP contribution in [0.3, 0.4) is 0 Å². The van der Waals surface area contributed by atoms with Crippen LogP contribution in [0.15, 0.2) is 0 Å². The van der Waals surface area contributed by atoms with Crippen molar-refractivity contribution in [2.75, 3.05) is 13.1 Å². The largest absolute Gasteiger partial charge is 0.314 e. The van der Waals surface area contributed by atoms with Gasteiger partial charge in [-0.3, -0.25) is 0 Å². The normalized spacial score (nSPS) is 20.1. The van der Waals surface area contributed by atoms with Crippen LogP contribution in [0.4, 0.5) is 3.89 Å². The first kappa shape index (κ1) is 9.13. The molecule has 1 saturated heterocycles. The van der Waals surface area contributed by atoms with Crippen LogP contribution >= 0.6 is 12.4 Å². The molecule has 0 aromatic rings. The quantitative estimate of drug-likeness (QED) is 0.556. The molecule has 56 valence electrons. The smallest absolute Gasteiger partial charge is 0.307 e. The van der Waals surface area contributed by atoms with Crippen molar-refractivity contribution in [2.24, 2.45) is 0 Å². The van der Waals surface area contributed by atoms with Crippen LogP contribution in [0, 0.1) is 0 Å². The van der Waals surface area contributed by atoms with Crippen molar-refractivity contribution >= 4 is 22.6 Å². The third kappa shape index (κ3) is 2.08. The van der Waals surface area contributed by atoms with Crippen molar-refractivity contribution in [1.29, 1.82) is 0 Å². The Balaban J connectivity index is 0.000000640. The molecule has 0 atom stereocenters. The Hall–Kier alpha value is 0.130. The molecular weight excluding hydrogens is 169 g/mol. The van der Waals surface area contributed by atoms with Crippen molar-refractivity contribution in [1.82, 2.24) is 5.32 Å². The highest BCUT2D eigenvalue weighted by Gasteiger charge is 2.30. The number of halogens is 2. The molecule has 1 fully saturated rings. The fourth-order valence-corrected chi connectivity index (χ4v) is 1.10. The Morgan fingerprint density at radius 1 is 1.44 bits per heavy atom. The van der Waals surface area contributed by atoms with Crippen LogP contribution in [0.5, 0.6) is 0 Å². The van der Waals surface area contributed by atoms with Gasteiger partial charge in [0.25, 0.3) is 0 Å². The zero-order valence-electron chi connectivity index (χ0n) is 4.50. The van der Waals surface area contributed by atoms with E-state index in [-0.39, 0.29) is 25.5 Å². The fraction of sp³-hybridized carbons (Fsp3) is 1.00. The van der Waals surface area contributed by atoms with E-state index < -0.39 is 15.5 Å². The first-order valence-corrected chi connectivity index (χ1v) is 3.69. The van der Waals surface area contributed by atoms with Crippen molar-refractivity contribution in [3.05, 3.63) is 0 Å². The van der Waals surface area contributed by atoms with Crippen LogP contribution in [0.25, 0.3) is 0 Å². The summed E-state index contributed by atoms with van der Waals surface area (Å²) in [5.74, 6) is 0. The molecule has 3 nitrogen and oxygen atoms in total. The predicted octanol–water partition coefficient (Wildman–Crippen LogP) is -0.321. The Morgan fingerprint density at radius 3 is 1.89 bits per heavy atom. The molecular formula is C3H7ClFNO2S. The first-order chi connectivity index (χ1) is 3.61. The van der Waals surface area contributed by atoms with Crippen LogP contribution in [0.1, 0.15) is 0 Å². The molecule has 0 spiro atoms. The predicted molar refractivity (Wildman–Crippen MR) is 33.9 cm³/mol. The summed E-state index contributed by atoms with van der Waals surface area (Å²) in [5.41, 5.74) is 0.